The molecule has 1 aliphatic heterocycles. The number of rotatable bonds is 2. The molecule has 104 valence electrons. The number of likely N-dealkylation sites (tertiary alicyclic amines) is 1. The van der Waals surface area contributed by atoms with Gasteiger partial charge >= 0.3 is 0 Å². The van der Waals surface area contributed by atoms with Crippen molar-refractivity contribution in [3.8, 4) is 0 Å². The van der Waals surface area contributed by atoms with Gasteiger partial charge in [0.05, 0.1) is 5.41 Å². The summed E-state index contributed by atoms with van der Waals surface area (Å²) in [5, 5.41) is 0. The minimum absolute atomic E-state index is 0.236. The molecule has 2 fully saturated rings. The van der Waals surface area contributed by atoms with Crippen molar-refractivity contribution in [2.45, 2.75) is 52.4 Å². The van der Waals surface area contributed by atoms with Crippen molar-refractivity contribution in [1.29, 1.82) is 0 Å². The Kier molecular flexibility index (Phi) is 4.31. The molecule has 0 aromatic heterocycles. The SMILES string of the molecule is CC1CN(C(=O)C2(CN)CCCCCC2)CC1C. The molecule has 1 amide bonds. The second-order valence-corrected chi connectivity index (χ2v) is 6.56. The van der Waals surface area contributed by atoms with E-state index in [1.54, 1.807) is 0 Å². The van der Waals surface area contributed by atoms with Gasteiger partial charge in [-0.1, -0.05) is 39.5 Å². The molecule has 0 aromatic rings. The first kappa shape index (κ1) is 13.9. The quantitative estimate of drug-likeness (QED) is 0.767. The number of carbonyl (C=O) groups is 1. The molecule has 2 atom stereocenters. The summed E-state index contributed by atoms with van der Waals surface area (Å²) >= 11 is 0. The average molecular weight is 252 g/mol. The number of nitrogens with two attached hydrogens (primary N) is 1. The summed E-state index contributed by atoms with van der Waals surface area (Å²) in [4.78, 5) is 14.9. The van der Waals surface area contributed by atoms with E-state index in [0.29, 0.717) is 24.3 Å². The Balaban J connectivity index is 2.09. The molecule has 2 unspecified atom stereocenters. The van der Waals surface area contributed by atoms with Gasteiger partial charge in [-0.2, -0.15) is 0 Å². The number of amides is 1. The molecule has 3 heteroatoms. The maximum absolute atomic E-state index is 12.8. The van der Waals surface area contributed by atoms with Gasteiger partial charge in [-0.15, -0.1) is 0 Å². The molecular weight excluding hydrogens is 224 g/mol. The van der Waals surface area contributed by atoms with E-state index in [0.717, 1.165) is 25.9 Å². The highest BCUT2D eigenvalue weighted by molar-refractivity contribution is 5.83. The summed E-state index contributed by atoms with van der Waals surface area (Å²) in [6.45, 7) is 6.90. The molecule has 0 bridgehead atoms. The number of nitrogens with zero attached hydrogens (tertiary/aromatic N) is 1. The molecule has 18 heavy (non-hydrogen) atoms. The van der Waals surface area contributed by atoms with Crippen LogP contribution >= 0.6 is 0 Å². The van der Waals surface area contributed by atoms with E-state index in [2.05, 4.69) is 18.7 Å². The van der Waals surface area contributed by atoms with Crippen LogP contribution in [0.3, 0.4) is 0 Å². The summed E-state index contributed by atoms with van der Waals surface area (Å²) in [5.74, 6) is 1.62. The minimum atomic E-state index is -0.236. The van der Waals surface area contributed by atoms with Crippen molar-refractivity contribution in [3.05, 3.63) is 0 Å². The third kappa shape index (κ3) is 2.56. The molecule has 1 heterocycles. The van der Waals surface area contributed by atoms with Crippen LogP contribution in [0.2, 0.25) is 0 Å². The Hall–Kier alpha value is -0.570. The van der Waals surface area contributed by atoms with Crippen molar-refractivity contribution < 1.29 is 4.79 Å². The van der Waals surface area contributed by atoms with Crippen LogP contribution in [-0.2, 0) is 4.79 Å². The monoisotopic (exact) mass is 252 g/mol. The third-order valence-electron chi connectivity index (χ3n) is 5.18. The second kappa shape index (κ2) is 5.60. The highest BCUT2D eigenvalue weighted by Crippen LogP contribution is 2.37. The van der Waals surface area contributed by atoms with E-state index < -0.39 is 0 Å². The standard InChI is InChI=1S/C15H28N2O/c1-12-9-17(10-13(12)2)14(18)15(11-16)7-5-3-4-6-8-15/h12-13H,3-11,16H2,1-2H3. The van der Waals surface area contributed by atoms with Gasteiger partial charge in [0.25, 0.3) is 0 Å². The Morgan fingerprint density at radius 1 is 1.11 bits per heavy atom. The molecule has 2 N–H and O–H groups in total. The minimum Gasteiger partial charge on any atom is -0.342 e. The first-order valence-corrected chi connectivity index (χ1v) is 7.58. The molecule has 1 saturated heterocycles. The van der Waals surface area contributed by atoms with Gasteiger partial charge in [0.1, 0.15) is 0 Å². The summed E-state index contributed by atoms with van der Waals surface area (Å²) in [6, 6.07) is 0. The molecular formula is C15H28N2O. The smallest absolute Gasteiger partial charge is 0.230 e. The van der Waals surface area contributed by atoms with E-state index in [-0.39, 0.29) is 5.41 Å². The van der Waals surface area contributed by atoms with Crippen molar-refractivity contribution in [3.63, 3.8) is 0 Å². The molecule has 0 spiro atoms. The van der Waals surface area contributed by atoms with E-state index in [4.69, 9.17) is 5.73 Å². The molecule has 2 aliphatic rings. The van der Waals surface area contributed by atoms with Crippen LogP contribution < -0.4 is 5.73 Å². The maximum atomic E-state index is 12.8. The number of carbonyl (C=O) groups excluding carboxylic acids is 1. The van der Waals surface area contributed by atoms with Crippen LogP contribution in [0.4, 0.5) is 0 Å². The first-order chi connectivity index (χ1) is 8.59. The van der Waals surface area contributed by atoms with Gasteiger partial charge in [0, 0.05) is 19.6 Å². The lowest BCUT2D eigenvalue weighted by atomic mass is 9.79. The fourth-order valence-corrected chi connectivity index (χ4v) is 3.54. The lowest BCUT2D eigenvalue weighted by molar-refractivity contribution is -0.141. The van der Waals surface area contributed by atoms with E-state index in [1.807, 2.05) is 0 Å². The lowest BCUT2D eigenvalue weighted by Crippen LogP contribution is -2.47. The maximum Gasteiger partial charge on any atom is 0.230 e. The van der Waals surface area contributed by atoms with E-state index >= 15 is 0 Å². The van der Waals surface area contributed by atoms with Gasteiger partial charge in [-0.3, -0.25) is 4.79 Å². The number of hydrogen-bond acceptors (Lipinski definition) is 2. The summed E-state index contributed by atoms with van der Waals surface area (Å²) in [6.07, 6.45) is 6.87. The van der Waals surface area contributed by atoms with E-state index in [1.165, 1.54) is 25.7 Å². The summed E-state index contributed by atoms with van der Waals surface area (Å²) in [7, 11) is 0. The highest BCUT2D eigenvalue weighted by Gasteiger charge is 2.42. The van der Waals surface area contributed by atoms with Gasteiger partial charge in [-0.25, -0.2) is 0 Å². The van der Waals surface area contributed by atoms with Crippen LogP contribution in [0, 0.1) is 17.3 Å². The van der Waals surface area contributed by atoms with Gasteiger partial charge < -0.3 is 10.6 Å². The van der Waals surface area contributed by atoms with Crippen molar-refractivity contribution in [2.24, 2.45) is 23.0 Å². The van der Waals surface area contributed by atoms with Crippen LogP contribution in [0.15, 0.2) is 0 Å². The molecule has 0 radical (unpaired) electrons. The predicted molar refractivity (Wildman–Crippen MR) is 74.1 cm³/mol. The molecule has 3 nitrogen and oxygen atoms in total. The Morgan fingerprint density at radius 3 is 2.06 bits per heavy atom. The molecule has 1 aliphatic carbocycles. The lowest BCUT2D eigenvalue weighted by Gasteiger charge is -2.34. The zero-order chi connectivity index (χ0) is 13.2. The third-order valence-corrected chi connectivity index (χ3v) is 5.18. The fourth-order valence-electron chi connectivity index (χ4n) is 3.54. The van der Waals surface area contributed by atoms with Gasteiger partial charge in [-0.05, 0) is 24.7 Å². The Bertz CT molecular complexity index is 285. The highest BCUT2D eigenvalue weighted by atomic mass is 16.2. The van der Waals surface area contributed by atoms with Gasteiger partial charge in [0.2, 0.25) is 5.91 Å². The molecule has 2 rings (SSSR count). The van der Waals surface area contributed by atoms with Crippen molar-refractivity contribution >= 4 is 5.91 Å². The zero-order valence-electron chi connectivity index (χ0n) is 12.0. The molecule has 1 saturated carbocycles. The average Bonchev–Trinajstić information content (AvgIpc) is 2.59. The normalized spacial score (nSPS) is 32.3. The van der Waals surface area contributed by atoms with Crippen molar-refractivity contribution in [1.82, 2.24) is 4.90 Å². The van der Waals surface area contributed by atoms with Crippen LogP contribution in [-0.4, -0.2) is 30.4 Å². The Labute approximate surface area is 111 Å². The van der Waals surface area contributed by atoms with Crippen LogP contribution in [0.5, 0.6) is 0 Å². The van der Waals surface area contributed by atoms with Crippen LogP contribution in [0.25, 0.3) is 0 Å². The molecule has 0 aromatic carbocycles. The van der Waals surface area contributed by atoms with E-state index in [9.17, 15) is 4.79 Å². The first-order valence-electron chi connectivity index (χ1n) is 7.58. The topological polar surface area (TPSA) is 46.3 Å². The van der Waals surface area contributed by atoms with Crippen LogP contribution in [0.1, 0.15) is 52.4 Å². The van der Waals surface area contributed by atoms with Crippen molar-refractivity contribution in [2.75, 3.05) is 19.6 Å². The predicted octanol–water partition coefficient (Wildman–Crippen LogP) is 2.40. The summed E-state index contributed by atoms with van der Waals surface area (Å²) < 4.78 is 0. The van der Waals surface area contributed by atoms with Gasteiger partial charge in [0.15, 0.2) is 0 Å². The second-order valence-electron chi connectivity index (χ2n) is 6.56. The zero-order valence-corrected chi connectivity index (χ0v) is 12.0. The summed E-state index contributed by atoms with van der Waals surface area (Å²) in [5.41, 5.74) is 5.76. The largest absolute Gasteiger partial charge is 0.342 e. The fraction of sp³-hybridized carbons (Fsp3) is 0.933. The Morgan fingerprint density at radius 2 is 1.61 bits per heavy atom. The number of hydrogen-bond donors (Lipinski definition) is 1.